The zero-order chi connectivity index (χ0) is 28.1. The lowest BCUT2D eigenvalue weighted by Gasteiger charge is -2.41. The van der Waals surface area contributed by atoms with Crippen molar-refractivity contribution in [3.05, 3.63) is 94.0 Å². The molecule has 1 amide bonds. The summed E-state index contributed by atoms with van der Waals surface area (Å²) < 4.78 is 11.7. The molecule has 1 aliphatic rings. The number of thioether (sulfide) groups is 1. The Hall–Kier alpha value is -2.59. The largest absolute Gasteiger partial charge is 0.494 e. The first kappa shape index (κ1) is 29.4. The summed E-state index contributed by atoms with van der Waals surface area (Å²) in [6.07, 6.45) is -5.13. The molecule has 0 radical (unpaired) electrons. The maximum absolute atomic E-state index is 12.6. The highest BCUT2D eigenvalue weighted by Gasteiger charge is 2.44. The Balaban J connectivity index is 1.52. The number of halogens is 1. The molecule has 9 heteroatoms. The van der Waals surface area contributed by atoms with E-state index in [4.69, 9.17) is 21.1 Å². The molecule has 0 aromatic heterocycles. The lowest BCUT2D eigenvalue weighted by Crippen LogP contribution is -2.54. The van der Waals surface area contributed by atoms with E-state index in [-0.39, 0.29) is 11.7 Å². The Labute approximate surface area is 238 Å². The van der Waals surface area contributed by atoms with Gasteiger partial charge in [-0.2, -0.15) is 0 Å². The van der Waals surface area contributed by atoms with Gasteiger partial charge in [0.2, 0.25) is 0 Å². The smallest absolute Gasteiger partial charge is 0.254 e. The summed E-state index contributed by atoms with van der Waals surface area (Å²) in [7, 11) is 3.38. The molecule has 1 heterocycles. The number of aliphatic hydroxyl groups excluding tert-OH is 3. The van der Waals surface area contributed by atoms with Crippen molar-refractivity contribution in [2.24, 2.45) is 0 Å². The Bertz CT molecular complexity index is 1270. The van der Waals surface area contributed by atoms with Crippen molar-refractivity contribution >= 4 is 29.3 Å². The summed E-state index contributed by atoms with van der Waals surface area (Å²) in [5.41, 5.74) is 3.08. The molecule has 5 atom stereocenters. The number of amides is 1. The highest BCUT2D eigenvalue weighted by Crippen LogP contribution is 2.37. The Morgan fingerprint density at radius 2 is 1.72 bits per heavy atom. The minimum absolute atomic E-state index is 0.127. The molecule has 208 valence electrons. The fourth-order valence-corrected chi connectivity index (χ4v) is 5.83. The zero-order valence-electron chi connectivity index (χ0n) is 22.2. The van der Waals surface area contributed by atoms with Gasteiger partial charge in [-0.25, -0.2) is 0 Å². The van der Waals surface area contributed by atoms with Gasteiger partial charge in [0, 0.05) is 29.8 Å². The van der Waals surface area contributed by atoms with Crippen molar-refractivity contribution in [1.29, 1.82) is 0 Å². The van der Waals surface area contributed by atoms with E-state index in [1.807, 2.05) is 49.4 Å². The van der Waals surface area contributed by atoms with Crippen LogP contribution in [0.25, 0.3) is 0 Å². The SMILES string of the molecule is CCOc1ccc(Cc2cc([C@@H]3O[C@H](CSc4ccccc4C(=O)N(C)C)[C@@H](O)[C@H](O)[C@H]3O)ccc2Cl)cc1. The van der Waals surface area contributed by atoms with Crippen LogP contribution in [0.3, 0.4) is 0 Å². The molecule has 0 saturated carbocycles. The number of nitrogens with zero attached hydrogens (tertiary/aromatic N) is 1. The van der Waals surface area contributed by atoms with Crippen molar-refractivity contribution < 1.29 is 29.6 Å². The van der Waals surface area contributed by atoms with Crippen LogP contribution in [-0.2, 0) is 11.2 Å². The van der Waals surface area contributed by atoms with Crippen molar-refractivity contribution in [2.75, 3.05) is 26.5 Å². The van der Waals surface area contributed by atoms with Crippen molar-refractivity contribution in [2.45, 2.75) is 48.8 Å². The predicted octanol–water partition coefficient (Wildman–Crippen LogP) is 4.35. The van der Waals surface area contributed by atoms with Gasteiger partial charge in [-0.1, -0.05) is 48.0 Å². The number of carbonyl (C=O) groups is 1. The molecule has 1 saturated heterocycles. The molecular formula is C30H34ClNO6S. The number of aliphatic hydroxyl groups is 3. The number of hydrogen-bond acceptors (Lipinski definition) is 7. The van der Waals surface area contributed by atoms with E-state index in [2.05, 4.69) is 0 Å². The highest BCUT2D eigenvalue weighted by molar-refractivity contribution is 7.99. The van der Waals surface area contributed by atoms with E-state index in [1.54, 1.807) is 38.4 Å². The van der Waals surface area contributed by atoms with E-state index in [9.17, 15) is 20.1 Å². The summed E-state index contributed by atoms with van der Waals surface area (Å²) in [5.74, 6) is 0.939. The fourth-order valence-electron chi connectivity index (χ4n) is 4.54. The van der Waals surface area contributed by atoms with Gasteiger partial charge in [0.15, 0.2) is 0 Å². The minimum atomic E-state index is -1.40. The van der Waals surface area contributed by atoms with Gasteiger partial charge in [0.25, 0.3) is 5.91 Å². The molecule has 0 spiro atoms. The summed E-state index contributed by atoms with van der Waals surface area (Å²) >= 11 is 7.87. The third-order valence-corrected chi connectivity index (χ3v) is 8.20. The van der Waals surface area contributed by atoms with E-state index in [0.717, 1.165) is 21.8 Å². The molecule has 7 nitrogen and oxygen atoms in total. The van der Waals surface area contributed by atoms with Gasteiger partial charge < -0.3 is 29.7 Å². The molecule has 0 aliphatic carbocycles. The third-order valence-electron chi connectivity index (χ3n) is 6.67. The summed E-state index contributed by atoms with van der Waals surface area (Å²) in [4.78, 5) is 14.8. The van der Waals surface area contributed by atoms with Gasteiger partial charge >= 0.3 is 0 Å². The lowest BCUT2D eigenvalue weighted by molar-refractivity contribution is -0.218. The molecule has 1 aliphatic heterocycles. The van der Waals surface area contributed by atoms with Crippen LogP contribution in [0.5, 0.6) is 5.75 Å². The normalized spacial score (nSPS) is 22.9. The van der Waals surface area contributed by atoms with Crippen LogP contribution in [0.15, 0.2) is 71.6 Å². The van der Waals surface area contributed by atoms with Crippen LogP contribution in [-0.4, -0.2) is 77.0 Å². The summed E-state index contributed by atoms with van der Waals surface area (Å²) in [5, 5.41) is 32.8. The fraction of sp³-hybridized carbons (Fsp3) is 0.367. The average molecular weight is 572 g/mol. The quantitative estimate of drug-likeness (QED) is 0.328. The van der Waals surface area contributed by atoms with Crippen LogP contribution in [0, 0.1) is 0 Å². The van der Waals surface area contributed by atoms with E-state index < -0.39 is 30.5 Å². The molecule has 0 unspecified atom stereocenters. The molecule has 3 N–H and O–H groups in total. The maximum atomic E-state index is 12.6. The second-order valence-electron chi connectivity index (χ2n) is 9.68. The van der Waals surface area contributed by atoms with Crippen LogP contribution in [0.2, 0.25) is 5.02 Å². The van der Waals surface area contributed by atoms with E-state index in [0.29, 0.717) is 29.2 Å². The van der Waals surface area contributed by atoms with Gasteiger partial charge in [-0.05, 0) is 60.4 Å². The van der Waals surface area contributed by atoms with Crippen LogP contribution >= 0.6 is 23.4 Å². The number of rotatable bonds is 9. The highest BCUT2D eigenvalue weighted by atomic mass is 35.5. The average Bonchev–Trinajstić information content (AvgIpc) is 2.93. The Morgan fingerprint density at radius 1 is 1.00 bits per heavy atom. The first-order valence-corrected chi connectivity index (χ1v) is 14.2. The summed E-state index contributed by atoms with van der Waals surface area (Å²) in [6.45, 7) is 2.53. The maximum Gasteiger partial charge on any atom is 0.254 e. The minimum Gasteiger partial charge on any atom is -0.494 e. The molecule has 3 aromatic carbocycles. The van der Waals surface area contributed by atoms with Crippen LogP contribution < -0.4 is 4.74 Å². The molecule has 4 rings (SSSR count). The van der Waals surface area contributed by atoms with Crippen molar-refractivity contribution in [1.82, 2.24) is 4.90 Å². The van der Waals surface area contributed by atoms with E-state index >= 15 is 0 Å². The van der Waals surface area contributed by atoms with Gasteiger partial charge in [-0.15, -0.1) is 11.8 Å². The number of benzene rings is 3. The predicted molar refractivity (Wildman–Crippen MR) is 153 cm³/mol. The number of ether oxygens (including phenoxy) is 2. The topological polar surface area (TPSA) is 99.5 Å². The molecule has 0 bridgehead atoms. The number of hydrogen-bond donors (Lipinski definition) is 3. The second kappa shape index (κ2) is 13.2. The first-order valence-electron chi connectivity index (χ1n) is 12.8. The summed E-state index contributed by atoms with van der Waals surface area (Å²) in [6, 6.07) is 20.4. The van der Waals surface area contributed by atoms with Crippen LogP contribution in [0.1, 0.15) is 40.1 Å². The lowest BCUT2D eigenvalue weighted by atomic mass is 9.90. The third kappa shape index (κ3) is 6.95. The first-order chi connectivity index (χ1) is 18.7. The molecule has 39 heavy (non-hydrogen) atoms. The Kier molecular flexibility index (Phi) is 9.93. The van der Waals surface area contributed by atoms with Gasteiger partial charge in [0.1, 0.15) is 30.2 Å². The zero-order valence-corrected chi connectivity index (χ0v) is 23.7. The van der Waals surface area contributed by atoms with Crippen molar-refractivity contribution in [3.8, 4) is 5.75 Å². The molecule has 1 fully saturated rings. The second-order valence-corrected chi connectivity index (χ2v) is 11.1. The number of carbonyl (C=O) groups excluding carboxylic acids is 1. The Morgan fingerprint density at radius 3 is 2.41 bits per heavy atom. The van der Waals surface area contributed by atoms with E-state index in [1.165, 1.54) is 16.7 Å². The van der Waals surface area contributed by atoms with Gasteiger partial charge in [0.05, 0.1) is 18.3 Å². The monoisotopic (exact) mass is 571 g/mol. The molecule has 3 aromatic rings. The van der Waals surface area contributed by atoms with Crippen molar-refractivity contribution in [3.63, 3.8) is 0 Å². The molecular weight excluding hydrogens is 538 g/mol. The van der Waals surface area contributed by atoms with Gasteiger partial charge in [-0.3, -0.25) is 4.79 Å². The standard InChI is InChI=1S/C30H34ClNO6S/c1-4-37-21-12-9-18(10-13-21)15-20-16-19(11-14-23(20)31)29-28(35)27(34)26(33)24(38-29)17-39-25-8-6-5-7-22(25)30(36)32(2)3/h5-14,16,24,26-29,33-35H,4,15,17H2,1-3H3/t24-,26-,27+,28-,29+/m1/s1. The van der Waals surface area contributed by atoms with Crippen LogP contribution in [0.4, 0.5) is 0 Å².